The van der Waals surface area contributed by atoms with Crippen molar-refractivity contribution < 1.29 is 43.3 Å². The van der Waals surface area contributed by atoms with Gasteiger partial charge in [-0.15, -0.1) is 0 Å². The summed E-state index contributed by atoms with van der Waals surface area (Å²) >= 11 is 0. The highest BCUT2D eigenvalue weighted by Crippen LogP contribution is 1.93. The number of carbonyl (C=O) groups excluding carboxylic acids is 4. The maximum absolute atomic E-state index is 10.8. The van der Waals surface area contributed by atoms with E-state index < -0.39 is 17.9 Å². The lowest BCUT2D eigenvalue weighted by atomic mass is 10.3. The van der Waals surface area contributed by atoms with Crippen molar-refractivity contribution in [1.29, 1.82) is 0 Å². The van der Waals surface area contributed by atoms with Crippen molar-refractivity contribution in [2.45, 2.75) is 27.2 Å². The predicted octanol–water partition coefficient (Wildman–Crippen LogP) is 1.62. The summed E-state index contributed by atoms with van der Waals surface area (Å²) in [6.07, 6.45) is 1.72. The van der Waals surface area contributed by atoms with Gasteiger partial charge in [0, 0.05) is 17.7 Å². The van der Waals surface area contributed by atoms with Crippen LogP contribution in [0.1, 0.15) is 27.2 Å². The number of carboxylic acids is 1. The fourth-order valence-electron chi connectivity index (χ4n) is 0.869. The summed E-state index contributed by atoms with van der Waals surface area (Å²) < 4.78 is 13.7. The number of rotatable bonds is 9. The molecule has 0 bridgehead atoms. The molecule has 152 valence electrons. The summed E-state index contributed by atoms with van der Waals surface area (Å²) in [4.78, 5) is 51.5. The van der Waals surface area contributed by atoms with Gasteiger partial charge >= 0.3 is 23.9 Å². The van der Waals surface area contributed by atoms with Crippen molar-refractivity contribution >= 4 is 29.7 Å². The molecule has 0 radical (unpaired) electrons. The minimum Gasteiger partial charge on any atom is -0.478 e. The lowest BCUT2D eigenvalue weighted by Gasteiger charge is -2.05. The summed E-state index contributed by atoms with van der Waals surface area (Å²) in [5.74, 6) is -2.75. The Morgan fingerprint density at radius 2 is 1.41 bits per heavy atom. The molecular weight excluding hydrogens is 360 g/mol. The van der Waals surface area contributed by atoms with Crippen LogP contribution in [0.3, 0.4) is 0 Å². The van der Waals surface area contributed by atoms with Crippen molar-refractivity contribution in [3.63, 3.8) is 0 Å². The molecule has 0 fully saturated rings. The van der Waals surface area contributed by atoms with Gasteiger partial charge in [0.05, 0.1) is 6.61 Å². The van der Waals surface area contributed by atoms with Gasteiger partial charge in [0.1, 0.15) is 25.4 Å². The molecule has 0 rings (SSSR count). The Morgan fingerprint density at radius 1 is 0.926 bits per heavy atom. The molecule has 0 heterocycles. The zero-order valence-corrected chi connectivity index (χ0v) is 15.8. The third-order valence-corrected chi connectivity index (χ3v) is 1.95. The fourth-order valence-corrected chi connectivity index (χ4v) is 0.869. The van der Waals surface area contributed by atoms with E-state index in [4.69, 9.17) is 5.11 Å². The highest BCUT2D eigenvalue weighted by atomic mass is 16.6. The number of hydrogen-bond acceptors (Lipinski definition) is 8. The van der Waals surface area contributed by atoms with Gasteiger partial charge in [-0.1, -0.05) is 19.7 Å². The molecule has 0 aliphatic heterocycles. The summed E-state index contributed by atoms with van der Waals surface area (Å²) in [6.45, 7) is 14.4. The number of carboxylic acid groups (broad SMARTS) is 1. The highest BCUT2D eigenvalue weighted by Gasteiger charge is 2.07. The maximum atomic E-state index is 10.8. The standard InChI is InChI=1S/C10H14O5.C5H8O2.C3H4O2/c1-7(2)10(13)15-5-4-14-9(12)6-8(3)11;1-3-5(6)7-4-2;1-2-3(4)5/h1,4-6H2,2-3H3;3H,1,4H2,2H3;2H,1H2,(H,4,5). The van der Waals surface area contributed by atoms with Crippen LogP contribution in [-0.4, -0.2) is 54.6 Å². The van der Waals surface area contributed by atoms with Crippen LogP contribution in [0.15, 0.2) is 37.5 Å². The van der Waals surface area contributed by atoms with Gasteiger partial charge in [-0.05, 0) is 20.8 Å². The Morgan fingerprint density at radius 3 is 1.70 bits per heavy atom. The average molecular weight is 386 g/mol. The lowest BCUT2D eigenvalue weighted by Crippen LogP contribution is -2.15. The molecule has 1 N–H and O–H groups in total. The second-order valence-electron chi connectivity index (χ2n) is 4.51. The number of hydrogen-bond donors (Lipinski definition) is 1. The number of esters is 3. The largest absolute Gasteiger partial charge is 0.478 e. The number of carbonyl (C=O) groups is 5. The monoisotopic (exact) mass is 386 g/mol. The van der Waals surface area contributed by atoms with E-state index >= 15 is 0 Å². The molecule has 0 atom stereocenters. The first kappa shape index (κ1) is 28.6. The SMILES string of the molecule is C=C(C)C(=O)OCCOC(=O)CC(C)=O.C=CC(=O)O.C=CC(=O)OCC. The molecule has 0 spiro atoms. The quantitative estimate of drug-likeness (QED) is 0.206. The molecule has 0 aromatic rings. The van der Waals surface area contributed by atoms with Crippen LogP contribution in [0.5, 0.6) is 0 Å². The topological polar surface area (TPSA) is 133 Å². The van der Waals surface area contributed by atoms with Gasteiger partial charge in [0.25, 0.3) is 0 Å². The van der Waals surface area contributed by atoms with Crippen LogP contribution in [0.2, 0.25) is 0 Å². The van der Waals surface area contributed by atoms with E-state index in [1.807, 2.05) is 0 Å². The smallest absolute Gasteiger partial charge is 0.333 e. The highest BCUT2D eigenvalue weighted by molar-refractivity contribution is 5.94. The van der Waals surface area contributed by atoms with Gasteiger partial charge in [-0.2, -0.15) is 0 Å². The Balaban J connectivity index is -0.000000396. The summed E-state index contributed by atoms with van der Waals surface area (Å²) in [6, 6.07) is 0. The Hall–Kier alpha value is -3.23. The molecule has 0 amide bonds. The van der Waals surface area contributed by atoms with Crippen molar-refractivity contribution in [1.82, 2.24) is 0 Å². The summed E-state index contributed by atoms with van der Waals surface area (Å²) in [5.41, 5.74) is 0.282. The van der Waals surface area contributed by atoms with Gasteiger partial charge in [-0.25, -0.2) is 14.4 Å². The lowest BCUT2D eigenvalue weighted by molar-refractivity contribution is -0.151. The first-order chi connectivity index (χ1) is 12.5. The molecule has 9 nitrogen and oxygen atoms in total. The van der Waals surface area contributed by atoms with Crippen LogP contribution >= 0.6 is 0 Å². The van der Waals surface area contributed by atoms with E-state index in [1.54, 1.807) is 6.92 Å². The van der Waals surface area contributed by atoms with E-state index in [0.717, 1.165) is 12.2 Å². The molecule has 0 aliphatic carbocycles. The molecule has 0 unspecified atom stereocenters. The molecule has 0 aromatic carbocycles. The number of Topliss-reactive ketones (excluding diaryl/α,β-unsaturated/α-hetero) is 1. The van der Waals surface area contributed by atoms with E-state index in [0.29, 0.717) is 6.61 Å². The first-order valence-electron chi connectivity index (χ1n) is 7.63. The van der Waals surface area contributed by atoms with Crippen LogP contribution < -0.4 is 0 Å². The van der Waals surface area contributed by atoms with Gasteiger partial charge < -0.3 is 19.3 Å². The van der Waals surface area contributed by atoms with Crippen LogP contribution in [0.25, 0.3) is 0 Å². The maximum Gasteiger partial charge on any atom is 0.333 e. The first-order valence-corrected chi connectivity index (χ1v) is 7.63. The minimum absolute atomic E-state index is 0.0324. The van der Waals surface area contributed by atoms with E-state index in [2.05, 4.69) is 33.9 Å². The van der Waals surface area contributed by atoms with Crippen molar-refractivity contribution in [2.24, 2.45) is 0 Å². The fraction of sp³-hybridized carbons (Fsp3) is 0.389. The van der Waals surface area contributed by atoms with Crippen molar-refractivity contribution in [3.05, 3.63) is 37.5 Å². The zero-order valence-electron chi connectivity index (χ0n) is 15.8. The van der Waals surface area contributed by atoms with Crippen molar-refractivity contribution in [2.75, 3.05) is 19.8 Å². The average Bonchev–Trinajstić information content (AvgIpc) is 2.58. The van der Waals surface area contributed by atoms with Gasteiger partial charge in [0.2, 0.25) is 0 Å². The van der Waals surface area contributed by atoms with Crippen LogP contribution in [-0.2, 0) is 38.2 Å². The van der Waals surface area contributed by atoms with Crippen LogP contribution in [0.4, 0.5) is 0 Å². The molecule has 0 aromatic heterocycles. The normalized spacial score (nSPS) is 8.26. The Labute approximate surface area is 158 Å². The number of ether oxygens (including phenoxy) is 3. The third-order valence-electron chi connectivity index (χ3n) is 1.95. The van der Waals surface area contributed by atoms with E-state index in [9.17, 15) is 24.0 Å². The Bertz CT molecular complexity index is 547. The van der Waals surface area contributed by atoms with Crippen molar-refractivity contribution in [3.8, 4) is 0 Å². The number of aliphatic carboxylic acids is 1. The third kappa shape index (κ3) is 27.9. The Kier molecular flexibility index (Phi) is 20.2. The molecule has 27 heavy (non-hydrogen) atoms. The van der Waals surface area contributed by atoms with E-state index in [-0.39, 0.29) is 37.0 Å². The minimum atomic E-state index is -0.981. The second-order valence-corrected chi connectivity index (χ2v) is 4.51. The van der Waals surface area contributed by atoms with Gasteiger partial charge in [-0.3, -0.25) is 9.59 Å². The molecule has 0 saturated heterocycles. The summed E-state index contributed by atoms with van der Waals surface area (Å²) in [7, 11) is 0. The molecule has 9 heteroatoms. The molecule has 0 saturated carbocycles. The predicted molar refractivity (Wildman–Crippen MR) is 96.7 cm³/mol. The summed E-state index contributed by atoms with van der Waals surface area (Å²) in [5, 5.41) is 7.60. The van der Waals surface area contributed by atoms with Crippen LogP contribution in [0, 0.1) is 0 Å². The molecule has 0 aliphatic rings. The number of ketones is 1. The zero-order chi connectivity index (χ0) is 21.8. The molecular formula is C18H26O9. The van der Waals surface area contributed by atoms with Gasteiger partial charge in [0.15, 0.2) is 0 Å². The van der Waals surface area contributed by atoms with E-state index in [1.165, 1.54) is 13.8 Å². The second kappa shape index (κ2) is 19.1.